The van der Waals surface area contributed by atoms with E-state index in [4.69, 9.17) is 16.3 Å². The Morgan fingerprint density at radius 1 is 1.38 bits per heavy atom. The van der Waals surface area contributed by atoms with Crippen LogP contribution < -0.4 is 10.1 Å². The average Bonchev–Trinajstić information content (AvgIpc) is 2.65. The van der Waals surface area contributed by atoms with Crippen molar-refractivity contribution in [2.75, 3.05) is 0 Å². The van der Waals surface area contributed by atoms with Gasteiger partial charge in [-0.2, -0.15) is 0 Å². The molecular formula is C19H18ClN3O3. The summed E-state index contributed by atoms with van der Waals surface area (Å²) in [5.74, 6) is 0.281. The molecule has 0 amide bonds. The molecule has 0 radical (unpaired) electrons. The number of halogens is 1. The number of rotatable bonds is 4. The van der Waals surface area contributed by atoms with Crippen LogP contribution in [0.5, 0.6) is 5.75 Å². The van der Waals surface area contributed by atoms with Gasteiger partial charge in [0.25, 0.3) is 0 Å². The molecule has 26 heavy (non-hydrogen) atoms. The quantitative estimate of drug-likeness (QED) is 0.633. The zero-order valence-electron chi connectivity index (χ0n) is 14.1. The number of nitrogens with one attached hydrogen (secondary N) is 1. The Morgan fingerprint density at radius 2 is 2.27 bits per heavy atom. The van der Waals surface area contributed by atoms with Gasteiger partial charge in [0.15, 0.2) is 5.72 Å². The van der Waals surface area contributed by atoms with E-state index in [0.29, 0.717) is 17.1 Å². The summed E-state index contributed by atoms with van der Waals surface area (Å²) in [6, 6.07) is 6.94. The molecule has 0 spiro atoms. The molecule has 0 saturated heterocycles. The van der Waals surface area contributed by atoms with Gasteiger partial charge in [-0.05, 0) is 48.6 Å². The first kappa shape index (κ1) is 17.0. The minimum Gasteiger partial charge on any atom is -0.461 e. The number of aromatic nitrogens is 1. The molecule has 1 fully saturated rings. The van der Waals surface area contributed by atoms with Crippen LogP contribution in [-0.2, 0) is 6.54 Å². The van der Waals surface area contributed by atoms with Gasteiger partial charge in [0.05, 0.1) is 4.92 Å². The Hall–Kier alpha value is -2.44. The Morgan fingerprint density at radius 3 is 3.04 bits per heavy atom. The molecule has 2 heterocycles. The SMILES string of the molecule is O=[N+]([O-])c1cc(Cl)cc2c1OC1(NCc3cccnc3)CCCCC1=C2. The molecule has 1 unspecified atom stereocenters. The van der Waals surface area contributed by atoms with E-state index in [0.717, 1.165) is 36.8 Å². The molecule has 0 bridgehead atoms. The van der Waals surface area contributed by atoms with Gasteiger partial charge in [0, 0.05) is 42.0 Å². The van der Waals surface area contributed by atoms with Gasteiger partial charge < -0.3 is 4.74 Å². The van der Waals surface area contributed by atoms with Crippen LogP contribution in [0.1, 0.15) is 36.8 Å². The molecule has 1 aliphatic carbocycles. The van der Waals surface area contributed by atoms with E-state index in [1.165, 1.54) is 6.07 Å². The first-order chi connectivity index (χ1) is 12.6. The third-order valence-electron chi connectivity index (χ3n) is 4.91. The standard InChI is InChI=1S/C19H18ClN3O3/c20-16-9-14-8-15-5-1-2-6-19(15,22-12-13-4-3-7-21-11-13)26-18(14)17(10-16)23(24)25/h3-4,7-11,22H,1-2,5-6,12H2. The summed E-state index contributed by atoms with van der Waals surface area (Å²) in [5.41, 5.74) is 1.99. The van der Waals surface area contributed by atoms with Crippen LogP contribution in [0.2, 0.25) is 5.02 Å². The molecule has 1 aliphatic heterocycles. The molecule has 1 aromatic carbocycles. The predicted octanol–water partition coefficient (Wildman–Crippen LogP) is 4.48. The first-order valence-corrected chi connectivity index (χ1v) is 8.97. The molecule has 134 valence electrons. The smallest absolute Gasteiger partial charge is 0.313 e. The number of ether oxygens (including phenoxy) is 1. The Balaban J connectivity index is 1.72. The molecule has 6 nitrogen and oxygen atoms in total. The highest BCUT2D eigenvalue weighted by Crippen LogP contribution is 2.47. The summed E-state index contributed by atoms with van der Waals surface area (Å²) in [5, 5.41) is 15.3. The number of nitro groups is 1. The van der Waals surface area contributed by atoms with Crippen molar-refractivity contribution in [3.63, 3.8) is 0 Å². The number of fused-ring (bicyclic) bond motifs is 2. The molecular weight excluding hydrogens is 354 g/mol. The molecule has 4 rings (SSSR count). The number of benzene rings is 1. The molecule has 7 heteroatoms. The lowest BCUT2D eigenvalue weighted by Gasteiger charge is -2.43. The molecule has 1 atom stereocenters. The number of nitrogens with zero attached hydrogens (tertiary/aromatic N) is 2. The maximum Gasteiger partial charge on any atom is 0.313 e. The molecule has 2 aliphatic rings. The van der Waals surface area contributed by atoms with Gasteiger partial charge in [-0.15, -0.1) is 0 Å². The minimum atomic E-state index is -0.723. The van der Waals surface area contributed by atoms with Crippen LogP contribution in [-0.4, -0.2) is 15.6 Å². The summed E-state index contributed by atoms with van der Waals surface area (Å²) in [4.78, 5) is 15.2. The normalized spacial score (nSPS) is 21.2. The van der Waals surface area contributed by atoms with E-state index in [1.54, 1.807) is 18.5 Å². The lowest BCUT2D eigenvalue weighted by atomic mass is 9.83. The maximum absolute atomic E-state index is 11.5. The van der Waals surface area contributed by atoms with Gasteiger partial charge in [-0.25, -0.2) is 0 Å². The van der Waals surface area contributed by atoms with Crippen LogP contribution in [0.3, 0.4) is 0 Å². The van der Waals surface area contributed by atoms with Gasteiger partial charge >= 0.3 is 5.69 Å². The summed E-state index contributed by atoms with van der Waals surface area (Å²) in [6.45, 7) is 0.571. The minimum absolute atomic E-state index is 0.101. The summed E-state index contributed by atoms with van der Waals surface area (Å²) >= 11 is 6.07. The lowest BCUT2D eigenvalue weighted by molar-refractivity contribution is -0.386. The fourth-order valence-corrected chi connectivity index (χ4v) is 3.88. The molecule has 1 saturated carbocycles. The van der Waals surface area contributed by atoms with Crippen molar-refractivity contribution < 1.29 is 9.66 Å². The zero-order chi connectivity index (χ0) is 18.1. The number of pyridine rings is 1. The number of nitro benzene ring substituents is 1. The first-order valence-electron chi connectivity index (χ1n) is 8.59. The number of hydrogen-bond donors (Lipinski definition) is 1. The zero-order valence-corrected chi connectivity index (χ0v) is 14.8. The second kappa shape index (κ2) is 6.70. The fourth-order valence-electron chi connectivity index (χ4n) is 3.66. The molecule has 2 aromatic rings. The average molecular weight is 372 g/mol. The van der Waals surface area contributed by atoms with Crippen LogP contribution in [0.25, 0.3) is 6.08 Å². The van der Waals surface area contributed by atoms with Gasteiger partial charge in [0.2, 0.25) is 5.75 Å². The van der Waals surface area contributed by atoms with Crippen LogP contribution in [0.4, 0.5) is 5.69 Å². The van der Waals surface area contributed by atoms with Gasteiger partial charge in [-0.1, -0.05) is 17.7 Å². The van der Waals surface area contributed by atoms with Crippen molar-refractivity contribution in [3.05, 3.63) is 68.5 Å². The monoisotopic (exact) mass is 371 g/mol. The largest absolute Gasteiger partial charge is 0.461 e. The van der Waals surface area contributed by atoms with Crippen molar-refractivity contribution in [2.24, 2.45) is 0 Å². The Labute approximate surface area is 156 Å². The fraction of sp³-hybridized carbons (Fsp3) is 0.316. The van der Waals surface area contributed by atoms with Crippen molar-refractivity contribution in [3.8, 4) is 5.75 Å². The second-order valence-electron chi connectivity index (χ2n) is 6.62. The lowest BCUT2D eigenvalue weighted by Crippen LogP contribution is -2.54. The summed E-state index contributed by atoms with van der Waals surface area (Å²) in [6.07, 6.45) is 9.24. The predicted molar refractivity (Wildman–Crippen MR) is 99.0 cm³/mol. The van der Waals surface area contributed by atoms with E-state index in [9.17, 15) is 10.1 Å². The third-order valence-corrected chi connectivity index (χ3v) is 5.13. The maximum atomic E-state index is 11.5. The van der Waals surface area contributed by atoms with E-state index in [2.05, 4.69) is 10.3 Å². The van der Waals surface area contributed by atoms with E-state index >= 15 is 0 Å². The van der Waals surface area contributed by atoms with Crippen LogP contribution >= 0.6 is 11.6 Å². The summed E-state index contributed by atoms with van der Waals surface area (Å²) in [7, 11) is 0. The highest BCUT2D eigenvalue weighted by Gasteiger charge is 2.43. The van der Waals surface area contributed by atoms with E-state index in [1.807, 2.05) is 18.2 Å². The number of hydrogen-bond acceptors (Lipinski definition) is 5. The van der Waals surface area contributed by atoms with Crippen molar-refractivity contribution in [1.29, 1.82) is 0 Å². The topological polar surface area (TPSA) is 77.3 Å². The highest BCUT2D eigenvalue weighted by molar-refractivity contribution is 6.31. The Kier molecular flexibility index (Phi) is 4.38. The van der Waals surface area contributed by atoms with E-state index < -0.39 is 10.6 Å². The highest BCUT2D eigenvalue weighted by atomic mass is 35.5. The Bertz CT molecular complexity index is 885. The van der Waals surface area contributed by atoms with Gasteiger partial charge in [0.1, 0.15) is 0 Å². The second-order valence-corrected chi connectivity index (χ2v) is 7.06. The van der Waals surface area contributed by atoms with Crippen molar-refractivity contribution >= 4 is 23.4 Å². The van der Waals surface area contributed by atoms with Crippen LogP contribution in [0, 0.1) is 10.1 Å². The van der Waals surface area contributed by atoms with E-state index in [-0.39, 0.29) is 11.4 Å². The molecule has 1 N–H and O–H groups in total. The van der Waals surface area contributed by atoms with Crippen LogP contribution in [0.15, 0.2) is 42.2 Å². The summed E-state index contributed by atoms with van der Waals surface area (Å²) < 4.78 is 6.29. The van der Waals surface area contributed by atoms with Crippen molar-refractivity contribution in [2.45, 2.75) is 38.0 Å². The molecule has 1 aromatic heterocycles. The third kappa shape index (κ3) is 3.06. The van der Waals surface area contributed by atoms with Gasteiger partial charge in [-0.3, -0.25) is 20.4 Å². The van der Waals surface area contributed by atoms with Crippen molar-refractivity contribution in [1.82, 2.24) is 10.3 Å².